The first-order valence-corrected chi connectivity index (χ1v) is 5.21. The molecule has 0 aliphatic carbocycles. The molecule has 1 aromatic heterocycles. The van der Waals surface area contributed by atoms with Crippen LogP contribution in [0, 0.1) is 0 Å². The second kappa shape index (κ2) is 4.31. The molecule has 0 atom stereocenters. The second-order valence-electron chi connectivity index (χ2n) is 4.15. The summed E-state index contributed by atoms with van der Waals surface area (Å²) in [5.41, 5.74) is 0.844. The molecule has 0 saturated carbocycles. The summed E-state index contributed by atoms with van der Waals surface area (Å²) in [5, 5.41) is 8.04. The van der Waals surface area contributed by atoms with Gasteiger partial charge in [-0.05, 0) is 26.0 Å². The van der Waals surface area contributed by atoms with Crippen molar-refractivity contribution in [1.29, 1.82) is 0 Å². The zero-order chi connectivity index (χ0) is 12.3. The van der Waals surface area contributed by atoms with Gasteiger partial charge in [0.15, 0.2) is 0 Å². The van der Waals surface area contributed by atoms with Gasteiger partial charge in [0.2, 0.25) is 6.08 Å². The highest BCUT2D eigenvalue weighted by molar-refractivity contribution is 5.36. The van der Waals surface area contributed by atoms with Gasteiger partial charge >= 0.3 is 0 Å². The Kier molecular flexibility index (Phi) is 2.85. The van der Waals surface area contributed by atoms with Crippen molar-refractivity contribution in [2.24, 2.45) is 4.99 Å². The quantitative estimate of drug-likeness (QED) is 0.595. The van der Waals surface area contributed by atoms with E-state index in [1.54, 1.807) is 30.8 Å². The molecular weight excluding hydrogens is 216 g/mol. The fraction of sp³-hybridized carbons (Fsp3) is 0.250. The van der Waals surface area contributed by atoms with Crippen LogP contribution in [0.25, 0.3) is 5.69 Å². The fourth-order valence-corrected chi connectivity index (χ4v) is 1.42. The Hall–Kier alpha value is -2.26. The first kappa shape index (κ1) is 11.2. The molecule has 0 amide bonds. The van der Waals surface area contributed by atoms with Gasteiger partial charge in [-0.25, -0.2) is 9.48 Å². The molecule has 0 aliphatic heterocycles. The van der Waals surface area contributed by atoms with E-state index in [2.05, 4.69) is 15.3 Å². The van der Waals surface area contributed by atoms with E-state index in [0.29, 0.717) is 5.69 Å². The normalized spacial score (nSPS) is 10.9. The highest BCUT2D eigenvalue weighted by Gasteiger charge is 2.23. The Morgan fingerprint density at radius 1 is 1.29 bits per heavy atom. The maximum atomic E-state index is 10.3. The Morgan fingerprint density at radius 2 is 2.00 bits per heavy atom. The molecule has 2 rings (SSSR count). The molecule has 86 valence electrons. The predicted octanol–water partition coefficient (Wildman–Crippen LogP) is 1.84. The maximum Gasteiger partial charge on any atom is 0.235 e. The lowest BCUT2D eigenvalue weighted by atomic mass is 10.0. The van der Waals surface area contributed by atoms with Crippen LogP contribution in [-0.2, 0) is 10.3 Å². The number of carbonyl (C=O) groups excluding carboxylic acids is 1. The van der Waals surface area contributed by atoms with Gasteiger partial charge in [0, 0.05) is 0 Å². The molecular formula is C12H12N4O. The predicted molar refractivity (Wildman–Crippen MR) is 62.5 cm³/mol. The minimum absolute atomic E-state index is 0.629. The van der Waals surface area contributed by atoms with Gasteiger partial charge in [-0.1, -0.05) is 23.4 Å². The fourth-order valence-electron chi connectivity index (χ4n) is 1.42. The van der Waals surface area contributed by atoms with Crippen LogP contribution in [0.4, 0.5) is 0 Å². The maximum absolute atomic E-state index is 10.3. The third-order valence-corrected chi connectivity index (χ3v) is 2.47. The number of para-hydroxylation sites is 1. The molecule has 0 saturated heterocycles. The van der Waals surface area contributed by atoms with Gasteiger partial charge in [0.05, 0.1) is 11.9 Å². The third kappa shape index (κ3) is 2.29. The van der Waals surface area contributed by atoms with E-state index in [1.807, 2.05) is 30.3 Å². The van der Waals surface area contributed by atoms with Crippen LogP contribution in [0.2, 0.25) is 0 Å². The van der Waals surface area contributed by atoms with E-state index in [0.717, 1.165) is 5.69 Å². The number of hydrogen-bond acceptors (Lipinski definition) is 4. The van der Waals surface area contributed by atoms with Crippen LogP contribution in [0.1, 0.15) is 19.5 Å². The van der Waals surface area contributed by atoms with Crippen molar-refractivity contribution >= 4 is 6.08 Å². The summed E-state index contributed by atoms with van der Waals surface area (Å²) in [5.74, 6) is 0. The zero-order valence-electron chi connectivity index (χ0n) is 9.66. The van der Waals surface area contributed by atoms with Crippen LogP contribution >= 0.6 is 0 Å². The number of aliphatic imine (C=N–C) groups is 1. The SMILES string of the molecule is CC(C)(N=C=O)c1cn(-c2ccccc2)nn1. The molecule has 0 unspecified atom stereocenters. The lowest BCUT2D eigenvalue weighted by Crippen LogP contribution is -2.13. The Balaban J connectivity index is 2.37. The third-order valence-electron chi connectivity index (χ3n) is 2.47. The molecule has 0 radical (unpaired) electrons. The Bertz CT molecular complexity index is 553. The summed E-state index contributed by atoms with van der Waals surface area (Å²) in [7, 11) is 0. The summed E-state index contributed by atoms with van der Waals surface area (Å²) in [6, 6.07) is 9.63. The second-order valence-corrected chi connectivity index (χ2v) is 4.15. The van der Waals surface area contributed by atoms with Crippen LogP contribution in [0.5, 0.6) is 0 Å². The standard InChI is InChI=1S/C12H12N4O/c1-12(2,13-9-17)11-8-16(15-14-11)10-6-4-3-5-7-10/h3-8H,1-2H3. The number of benzene rings is 1. The molecule has 0 spiro atoms. The van der Waals surface area contributed by atoms with E-state index in [1.165, 1.54) is 0 Å². The summed E-state index contributed by atoms with van der Waals surface area (Å²) in [6.07, 6.45) is 3.31. The smallest absolute Gasteiger partial charge is 0.220 e. The van der Waals surface area contributed by atoms with E-state index < -0.39 is 5.54 Å². The van der Waals surface area contributed by atoms with Gasteiger partial charge in [-0.15, -0.1) is 5.10 Å². The topological polar surface area (TPSA) is 60.1 Å². The summed E-state index contributed by atoms with van der Waals surface area (Å²) >= 11 is 0. The number of hydrogen-bond donors (Lipinski definition) is 0. The molecule has 5 heteroatoms. The number of rotatable bonds is 3. The van der Waals surface area contributed by atoms with Gasteiger partial charge in [0.1, 0.15) is 11.2 Å². The molecule has 0 aliphatic rings. The van der Waals surface area contributed by atoms with Crippen molar-refractivity contribution in [2.75, 3.05) is 0 Å². The first-order valence-electron chi connectivity index (χ1n) is 5.21. The zero-order valence-corrected chi connectivity index (χ0v) is 9.66. The highest BCUT2D eigenvalue weighted by Crippen LogP contribution is 2.22. The first-order chi connectivity index (χ1) is 8.13. The van der Waals surface area contributed by atoms with Gasteiger partial charge in [-0.2, -0.15) is 4.99 Å². The van der Waals surface area contributed by atoms with Crippen molar-refractivity contribution in [1.82, 2.24) is 15.0 Å². The minimum Gasteiger partial charge on any atom is -0.220 e. The minimum atomic E-state index is -0.700. The summed E-state index contributed by atoms with van der Waals surface area (Å²) in [4.78, 5) is 14.0. The average molecular weight is 228 g/mol. The lowest BCUT2D eigenvalue weighted by Gasteiger charge is -2.12. The van der Waals surface area contributed by atoms with Crippen molar-refractivity contribution in [2.45, 2.75) is 19.4 Å². The van der Waals surface area contributed by atoms with Gasteiger partial charge < -0.3 is 0 Å². The molecule has 0 N–H and O–H groups in total. The van der Waals surface area contributed by atoms with Crippen molar-refractivity contribution in [3.8, 4) is 5.69 Å². The molecule has 0 bridgehead atoms. The van der Waals surface area contributed by atoms with Crippen LogP contribution in [0.15, 0.2) is 41.5 Å². The monoisotopic (exact) mass is 228 g/mol. The largest absolute Gasteiger partial charge is 0.235 e. The van der Waals surface area contributed by atoms with Crippen molar-refractivity contribution in [3.63, 3.8) is 0 Å². The molecule has 17 heavy (non-hydrogen) atoms. The average Bonchev–Trinajstić information content (AvgIpc) is 2.80. The lowest BCUT2D eigenvalue weighted by molar-refractivity contribution is 0.511. The highest BCUT2D eigenvalue weighted by atomic mass is 16.1. The number of nitrogens with zero attached hydrogens (tertiary/aromatic N) is 4. The van der Waals surface area contributed by atoms with Crippen molar-refractivity contribution < 1.29 is 4.79 Å². The molecule has 1 heterocycles. The van der Waals surface area contributed by atoms with E-state index >= 15 is 0 Å². The van der Waals surface area contributed by atoms with Crippen LogP contribution in [-0.4, -0.2) is 21.1 Å². The van der Waals surface area contributed by atoms with E-state index in [4.69, 9.17) is 0 Å². The van der Waals surface area contributed by atoms with E-state index in [-0.39, 0.29) is 0 Å². The number of isocyanates is 1. The van der Waals surface area contributed by atoms with Gasteiger partial charge in [-0.3, -0.25) is 0 Å². The van der Waals surface area contributed by atoms with Crippen molar-refractivity contribution in [3.05, 3.63) is 42.2 Å². The molecule has 1 aromatic carbocycles. The van der Waals surface area contributed by atoms with E-state index in [9.17, 15) is 4.79 Å². The summed E-state index contributed by atoms with van der Waals surface area (Å²) in [6.45, 7) is 3.58. The Labute approximate surface area is 98.8 Å². The van der Waals surface area contributed by atoms with Crippen LogP contribution in [0.3, 0.4) is 0 Å². The number of aromatic nitrogens is 3. The Morgan fingerprint density at radius 3 is 2.65 bits per heavy atom. The summed E-state index contributed by atoms with van der Waals surface area (Å²) < 4.78 is 1.65. The molecule has 2 aromatic rings. The van der Waals surface area contributed by atoms with Gasteiger partial charge in [0.25, 0.3) is 0 Å². The molecule has 0 fully saturated rings. The molecule has 5 nitrogen and oxygen atoms in total. The van der Waals surface area contributed by atoms with Crippen LogP contribution < -0.4 is 0 Å².